The van der Waals surface area contributed by atoms with E-state index < -0.39 is 6.09 Å². The monoisotopic (exact) mass is 206 g/mol. The van der Waals surface area contributed by atoms with Gasteiger partial charge in [-0.25, -0.2) is 4.79 Å². The van der Waals surface area contributed by atoms with Gasteiger partial charge in [-0.05, 0) is 25.6 Å². The Kier molecular flexibility index (Phi) is 8.44. The van der Waals surface area contributed by atoms with Crippen molar-refractivity contribution < 1.29 is 26.6 Å². The van der Waals surface area contributed by atoms with Gasteiger partial charge in [0.2, 0.25) is 0 Å². The second-order valence-electron chi connectivity index (χ2n) is 0.840. The van der Waals surface area contributed by atoms with Crippen LogP contribution in [0.1, 0.15) is 0 Å². The molecule has 0 saturated heterocycles. The standard InChI is InChI=1S/C3H5NO2S2.Mn/c1-2-6-3(5)4(7)8;/h2,7-8H,1H2;. The number of carbonyl (C=O) groups excluding carboxylic acids is 1. The number of amides is 1. The van der Waals surface area contributed by atoms with Crippen LogP contribution in [0.4, 0.5) is 4.79 Å². The molecule has 0 aromatic heterocycles. The van der Waals surface area contributed by atoms with Gasteiger partial charge in [-0.3, -0.25) is 0 Å². The van der Waals surface area contributed by atoms with Crippen LogP contribution in [-0.2, 0) is 21.8 Å². The quantitative estimate of drug-likeness (QED) is 0.384. The second-order valence-corrected chi connectivity index (χ2v) is 1.96. The first-order chi connectivity index (χ1) is 3.68. The van der Waals surface area contributed by atoms with Gasteiger partial charge in [-0.2, -0.15) is 3.71 Å². The molecule has 0 aromatic rings. The van der Waals surface area contributed by atoms with E-state index in [0.29, 0.717) is 3.71 Å². The third-order valence-electron chi connectivity index (χ3n) is 0.347. The number of nitrogens with zero attached hydrogens (tertiary/aromatic N) is 1. The van der Waals surface area contributed by atoms with E-state index in [1.54, 1.807) is 0 Å². The Labute approximate surface area is 75.0 Å². The molecule has 0 rings (SSSR count). The molecule has 0 aliphatic heterocycles. The van der Waals surface area contributed by atoms with Crippen LogP contribution in [0.2, 0.25) is 0 Å². The van der Waals surface area contributed by atoms with Crippen LogP contribution < -0.4 is 0 Å². The number of ether oxygens (including phenoxy) is 1. The van der Waals surface area contributed by atoms with Crippen LogP contribution >= 0.6 is 25.6 Å². The van der Waals surface area contributed by atoms with Crippen molar-refractivity contribution in [1.82, 2.24) is 3.71 Å². The first kappa shape index (κ1) is 12.0. The molecular formula is C3H5MnNO2S2. The first-order valence-corrected chi connectivity index (χ1v) is 2.48. The Balaban J connectivity index is 0. The van der Waals surface area contributed by atoms with Gasteiger partial charge in [-0.1, -0.05) is 6.58 Å². The topological polar surface area (TPSA) is 29.5 Å². The molecule has 53 valence electrons. The van der Waals surface area contributed by atoms with Gasteiger partial charge >= 0.3 is 6.09 Å². The van der Waals surface area contributed by atoms with Crippen molar-refractivity contribution in [2.75, 3.05) is 0 Å². The Bertz CT molecular complexity index is 108. The number of hydrogen-bond acceptors (Lipinski definition) is 4. The fourth-order valence-electron chi connectivity index (χ4n) is 0.118. The van der Waals surface area contributed by atoms with Crippen molar-refractivity contribution in [3.05, 3.63) is 12.8 Å². The van der Waals surface area contributed by atoms with Crippen LogP contribution in [0.5, 0.6) is 0 Å². The molecule has 0 aliphatic rings. The molecule has 0 fully saturated rings. The molecule has 3 nitrogen and oxygen atoms in total. The van der Waals surface area contributed by atoms with Gasteiger partial charge in [0.25, 0.3) is 0 Å². The van der Waals surface area contributed by atoms with Gasteiger partial charge in [0.15, 0.2) is 0 Å². The van der Waals surface area contributed by atoms with E-state index in [9.17, 15) is 4.79 Å². The van der Waals surface area contributed by atoms with Gasteiger partial charge in [0, 0.05) is 17.1 Å². The van der Waals surface area contributed by atoms with Crippen molar-refractivity contribution in [3.63, 3.8) is 0 Å². The molecule has 6 heteroatoms. The number of carbonyl (C=O) groups is 1. The van der Waals surface area contributed by atoms with E-state index >= 15 is 0 Å². The minimum Gasteiger partial charge on any atom is -0.418 e. The molecular weight excluding hydrogens is 201 g/mol. The van der Waals surface area contributed by atoms with E-state index in [2.05, 4.69) is 36.9 Å². The zero-order valence-corrected chi connectivity index (χ0v) is 7.29. The minimum absolute atomic E-state index is 0. The Morgan fingerprint density at radius 3 is 2.22 bits per heavy atom. The van der Waals surface area contributed by atoms with Crippen molar-refractivity contribution in [1.29, 1.82) is 0 Å². The number of rotatable bonds is 1. The molecule has 0 N–H and O–H groups in total. The molecule has 1 radical (unpaired) electrons. The fraction of sp³-hybridized carbons (Fsp3) is 0. The van der Waals surface area contributed by atoms with Gasteiger partial charge in [0.05, 0.1) is 6.26 Å². The van der Waals surface area contributed by atoms with Crippen molar-refractivity contribution in [3.8, 4) is 0 Å². The molecule has 0 unspecified atom stereocenters. The minimum atomic E-state index is -0.674. The molecule has 0 aromatic carbocycles. The maximum Gasteiger partial charge on any atom is 0.434 e. The van der Waals surface area contributed by atoms with E-state index in [1.165, 1.54) is 0 Å². The Morgan fingerprint density at radius 1 is 1.67 bits per heavy atom. The Morgan fingerprint density at radius 2 is 2.11 bits per heavy atom. The van der Waals surface area contributed by atoms with Crippen molar-refractivity contribution in [2.45, 2.75) is 0 Å². The van der Waals surface area contributed by atoms with E-state index in [-0.39, 0.29) is 17.1 Å². The maximum atomic E-state index is 10.2. The zero-order chi connectivity index (χ0) is 6.57. The van der Waals surface area contributed by atoms with Crippen LogP contribution in [0.25, 0.3) is 0 Å². The third kappa shape index (κ3) is 6.11. The average molecular weight is 206 g/mol. The summed E-state index contributed by atoms with van der Waals surface area (Å²) in [5, 5.41) is 0. The van der Waals surface area contributed by atoms with Crippen LogP contribution in [0.15, 0.2) is 12.8 Å². The second kappa shape index (κ2) is 6.35. The normalized spacial score (nSPS) is 6.89. The molecule has 1 amide bonds. The van der Waals surface area contributed by atoms with Crippen LogP contribution in [-0.4, -0.2) is 9.80 Å². The summed E-state index contributed by atoms with van der Waals surface area (Å²) in [6.45, 7) is 3.15. The summed E-state index contributed by atoms with van der Waals surface area (Å²) < 4.78 is 4.91. The molecule has 0 spiro atoms. The summed E-state index contributed by atoms with van der Waals surface area (Å²) in [4.78, 5) is 10.2. The van der Waals surface area contributed by atoms with E-state index in [1.807, 2.05) is 0 Å². The van der Waals surface area contributed by atoms with Crippen molar-refractivity contribution in [2.24, 2.45) is 0 Å². The SMILES string of the molecule is C=COC(=O)N(S)S.[Mn]. The van der Waals surface area contributed by atoms with Crippen LogP contribution in [0, 0.1) is 0 Å². The largest absolute Gasteiger partial charge is 0.434 e. The summed E-state index contributed by atoms with van der Waals surface area (Å²) in [6.07, 6.45) is 0.327. The van der Waals surface area contributed by atoms with Crippen LogP contribution in [0.3, 0.4) is 0 Å². The smallest absolute Gasteiger partial charge is 0.418 e. The van der Waals surface area contributed by atoms with E-state index in [4.69, 9.17) is 0 Å². The Hall–Kier alpha value is 0.229. The van der Waals surface area contributed by atoms with Gasteiger partial charge in [-0.15, -0.1) is 0 Å². The van der Waals surface area contributed by atoms with Gasteiger partial charge < -0.3 is 4.74 Å². The molecule has 0 bridgehead atoms. The predicted molar refractivity (Wildman–Crippen MR) is 36.5 cm³/mol. The predicted octanol–water partition coefficient (Wildman–Crippen LogP) is 1.26. The zero-order valence-electron chi connectivity index (χ0n) is 4.32. The third-order valence-corrected chi connectivity index (χ3v) is 0.674. The fourth-order valence-corrected chi connectivity index (χ4v) is 0.213. The number of thiol groups is 2. The first-order valence-electron chi connectivity index (χ1n) is 1.68. The number of hydrogen-bond donors (Lipinski definition) is 2. The molecule has 0 saturated carbocycles. The maximum absolute atomic E-state index is 10.2. The summed E-state index contributed by atoms with van der Waals surface area (Å²) in [6, 6.07) is 0. The summed E-state index contributed by atoms with van der Waals surface area (Å²) in [5.74, 6) is 0. The molecule has 0 heterocycles. The average Bonchev–Trinajstić information content (AvgIpc) is 1.67. The summed E-state index contributed by atoms with van der Waals surface area (Å²) in [7, 11) is 0. The van der Waals surface area contributed by atoms with Crippen molar-refractivity contribution >= 4 is 31.7 Å². The summed E-state index contributed by atoms with van der Waals surface area (Å²) >= 11 is 7.00. The summed E-state index contributed by atoms with van der Waals surface area (Å²) in [5.41, 5.74) is 0. The molecule has 0 atom stereocenters. The molecule has 9 heavy (non-hydrogen) atoms. The molecule has 0 aliphatic carbocycles. The van der Waals surface area contributed by atoms with Gasteiger partial charge in [0.1, 0.15) is 0 Å². The van der Waals surface area contributed by atoms with E-state index in [0.717, 1.165) is 6.26 Å².